The maximum atomic E-state index is 11.7. The van der Waals surface area contributed by atoms with Gasteiger partial charge in [0.1, 0.15) is 17.3 Å². The molecule has 0 aliphatic heterocycles. The summed E-state index contributed by atoms with van der Waals surface area (Å²) in [6, 6.07) is 11.2. The van der Waals surface area contributed by atoms with Gasteiger partial charge in [-0.3, -0.25) is 0 Å². The molecule has 0 unspecified atom stereocenters. The van der Waals surface area contributed by atoms with Crippen LogP contribution in [0.3, 0.4) is 0 Å². The van der Waals surface area contributed by atoms with Crippen LogP contribution in [0.4, 0.5) is 0 Å². The Hall–Kier alpha value is -2.29. The highest BCUT2D eigenvalue weighted by atomic mass is 16.5. The van der Waals surface area contributed by atoms with Crippen LogP contribution in [0.2, 0.25) is 0 Å². The number of esters is 1. The summed E-state index contributed by atoms with van der Waals surface area (Å²) in [5.41, 5.74) is 1.21. The van der Waals surface area contributed by atoms with E-state index >= 15 is 0 Å². The molecule has 1 heterocycles. The first-order valence-corrected chi connectivity index (χ1v) is 6.61. The van der Waals surface area contributed by atoms with E-state index in [2.05, 4.69) is 13.8 Å². The first kappa shape index (κ1) is 14.1. The molecule has 0 saturated carbocycles. The molecule has 0 atom stereocenters. The summed E-state index contributed by atoms with van der Waals surface area (Å²) in [5, 5.41) is 0. The first-order chi connectivity index (χ1) is 9.54. The lowest BCUT2D eigenvalue weighted by Crippen LogP contribution is -2.03. The summed E-state index contributed by atoms with van der Waals surface area (Å²) in [5.74, 6) is 2.02. The van der Waals surface area contributed by atoms with E-state index in [1.54, 1.807) is 24.3 Å². The predicted molar refractivity (Wildman–Crippen MR) is 78.6 cm³/mol. The van der Waals surface area contributed by atoms with Gasteiger partial charge in [0, 0.05) is 6.08 Å². The molecule has 0 bridgehead atoms. The summed E-state index contributed by atoms with van der Waals surface area (Å²) in [6.07, 6.45) is 2.95. The van der Waals surface area contributed by atoms with Crippen LogP contribution in [0.5, 0.6) is 5.75 Å². The molecule has 0 fully saturated rings. The van der Waals surface area contributed by atoms with E-state index in [-0.39, 0.29) is 0 Å². The van der Waals surface area contributed by atoms with E-state index in [4.69, 9.17) is 9.15 Å². The highest BCUT2D eigenvalue weighted by Crippen LogP contribution is 2.18. The molecule has 3 heteroatoms. The Labute approximate surface area is 118 Å². The molecular formula is C17H18O3. The number of rotatable bonds is 4. The summed E-state index contributed by atoms with van der Waals surface area (Å²) >= 11 is 0. The van der Waals surface area contributed by atoms with Crippen LogP contribution in [0, 0.1) is 6.92 Å². The van der Waals surface area contributed by atoms with Crippen LogP contribution in [0.25, 0.3) is 6.08 Å². The van der Waals surface area contributed by atoms with E-state index in [0.717, 1.165) is 5.76 Å². The van der Waals surface area contributed by atoms with Gasteiger partial charge in [0.05, 0.1) is 0 Å². The highest BCUT2D eigenvalue weighted by molar-refractivity contribution is 5.88. The molecule has 0 spiro atoms. The summed E-state index contributed by atoms with van der Waals surface area (Å²) in [4.78, 5) is 11.7. The molecule has 0 aliphatic rings. The average Bonchev–Trinajstić information content (AvgIpc) is 2.83. The molecule has 0 amide bonds. The minimum atomic E-state index is -0.420. The second-order valence-electron chi connectivity index (χ2n) is 4.93. The summed E-state index contributed by atoms with van der Waals surface area (Å²) in [6.45, 7) is 6.09. The van der Waals surface area contributed by atoms with E-state index in [1.165, 1.54) is 11.6 Å². The Morgan fingerprint density at radius 1 is 1.15 bits per heavy atom. The number of furan rings is 1. The molecule has 1 aromatic heterocycles. The van der Waals surface area contributed by atoms with Crippen molar-refractivity contribution in [3.8, 4) is 5.75 Å². The smallest absolute Gasteiger partial charge is 0.336 e. The molecule has 0 N–H and O–H groups in total. The van der Waals surface area contributed by atoms with Crippen molar-refractivity contribution in [2.75, 3.05) is 0 Å². The van der Waals surface area contributed by atoms with Crippen molar-refractivity contribution in [2.45, 2.75) is 26.7 Å². The monoisotopic (exact) mass is 270 g/mol. The highest BCUT2D eigenvalue weighted by Gasteiger charge is 2.03. The van der Waals surface area contributed by atoms with Crippen LogP contribution in [-0.4, -0.2) is 5.97 Å². The van der Waals surface area contributed by atoms with Crippen LogP contribution < -0.4 is 4.74 Å². The van der Waals surface area contributed by atoms with Crippen LogP contribution in [0.15, 0.2) is 46.9 Å². The van der Waals surface area contributed by atoms with Crippen molar-refractivity contribution in [1.29, 1.82) is 0 Å². The first-order valence-electron chi connectivity index (χ1n) is 6.61. The lowest BCUT2D eigenvalue weighted by Gasteiger charge is -2.06. The summed E-state index contributed by atoms with van der Waals surface area (Å²) < 4.78 is 10.5. The van der Waals surface area contributed by atoms with Gasteiger partial charge in [-0.2, -0.15) is 0 Å². The van der Waals surface area contributed by atoms with Gasteiger partial charge >= 0.3 is 5.97 Å². The van der Waals surface area contributed by atoms with Gasteiger partial charge in [0.25, 0.3) is 0 Å². The van der Waals surface area contributed by atoms with Crippen molar-refractivity contribution in [1.82, 2.24) is 0 Å². The molecule has 0 saturated heterocycles. The van der Waals surface area contributed by atoms with Crippen LogP contribution in [-0.2, 0) is 4.79 Å². The van der Waals surface area contributed by atoms with Gasteiger partial charge in [0.2, 0.25) is 0 Å². The Morgan fingerprint density at radius 2 is 1.85 bits per heavy atom. The van der Waals surface area contributed by atoms with Crippen molar-refractivity contribution in [3.63, 3.8) is 0 Å². The van der Waals surface area contributed by atoms with E-state index < -0.39 is 5.97 Å². The normalized spacial score (nSPS) is 11.2. The Bertz CT molecular complexity index is 603. The Kier molecular flexibility index (Phi) is 4.41. The van der Waals surface area contributed by atoms with Gasteiger partial charge in [0.15, 0.2) is 0 Å². The number of hydrogen-bond donors (Lipinski definition) is 0. The minimum absolute atomic E-state index is 0.420. The maximum absolute atomic E-state index is 11.7. The molecule has 20 heavy (non-hydrogen) atoms. The van der Waals surface area contributed by atoms with Gasteiger partial charge in [-0.25, -0.2) is 4.79 Å². The van der Waals surface area contributed by atoms with Crippen molar-refractivity contribution in [3.05, 3.63) is 59.6 Å². The lowest BCUT2D eigenvalue weighted by molar-refractivity contribution is -0.128. The number of ether oxygens (including phenoxy) is 1. The number of carbonyl (C=O) groups is 1. The molecule has 104 valence electrons. The topological polar surface area (TPSA) is 39.4 Å². The molecule has 0 radical (unpaired) electrons. The van der Waals surface area contributed by atoms with E-state index in [9.17, 15) is 4.79 Å². The third kappa shape index (κ3) is 3.85. The van der Waals surface area contributed by atoms with E-state index in [1.807, 2.05) is 25.1 Å². The third-order valence-corrected chi connectivity index (χ3v) is 2.91. The molecule has 2 rings (SSSR count). The van der Waals surface area contributed by atoms with Gasteiger partial charge in [-0.15, -0.1) is 0 Å². The van der Waals surface area contributed by atoms with Crippen molar-refractivity contribution >= 4 is 12.0 Å². The molecule has 1 aromatic carbocycles. The summed E-state index contributed by atoms with van der Waals surface area (Å²) in [7, 11) is 0. The van der Waals surface area contributed by atoms with Gasteiger partial charge in [-0.1, -0.05) is 26.0 Å². The fraction of sp³-hybridized carbons (Fsp3) is 0.235. The van der Waals surface area contributed by atoms with E-state index in [0.29, 0.717) is 17.4 Å². The fourth-order valence-corrected chi connectivity index (χ4v) is 1.76. The average molecular weight is 270 g/mol. The minimum Gasteiger partial charge on any atom is -0.462 e. The van der Waals surface area contributed by atoms with Crippen molar-refractivity contribution in [2.24, 2.45) is 0 Å². The number of aryl methyl sites for hydroxylation is 1. The van der Waals surface area contributed by atoms with Crippen molar-refractivity contribution < 1.29 is 13.9 Å². The second-order valence-corrected chi connectivity index (χ2v) is 4.93. The standard InChI is InChI=1S/C17H18O3/c1-12(2)14-5-8-16(9-6-14)20-17(18)11-10-15-7-4-13(3)19-15/h4-12H,1-3H3/b11-10+. The SMILES string of the molecule is Cc1ccc(/C=C/C(=O)Oc2ccc(C(C)C)cc2)o1. The number of carbonyl (C=O) groups excluding carboxylic acids is 1. The van der Waals surface area contributed by atoms with Gasteiger partial charge < -0.3 is 9.15 Å². The maximum Gasteiger partial charge on any atom is 0.336 e. The zero-order valence-electron chi connectivity index (χ0n) is 11.9. The van der Waals surface area contributed by atoms with Crippen LogP contribution >= 0.6 is 0 Å². The molecule has 0 aliphatic carbocycles. The molecule has 2 aromatic rings. The Morgan fingerprint density at radius 3 is 2.40 bits per heavy atom. The van der Waals surface area contributed by atoms with Crippen LogP contribution in [0.1, 0.15) is 36.8 Å². The lowest BCUT2D eigenvalue weighted by atomic mass is 10.0. The third-order valence-electron chi connectivity index (χ3n) is 2.91. The second kappa shape index (κ2) is 6.24. The fourth-order valence-electron chi connectivity index (χ4n) is 1.76. The number of hydrogen-bond acceptors (Lipinski definition) is 3. The quantitative estimate of drug-likeness (QED) is 0.471. The zero-order chi connectivity index (χ0) is 14.5. The molecular weight excluding hydrogens is 252 g/mol. The largest absolute Gasteiger partial charge is 0.462 e. The Balaban J connectivity index is 1.95. The predicted octanol–water partition coefficient (Wildman–Crippen LogP) is 4.33. The molecule has 3 nitrogen and oxygen atoms in total. The van der Waals surface area contributed by atoms with Gasteiger partial charge in [-0.05, 0) is 48.7 Å². The number of benzene rings is 1. The zero-order valence-corrected chi connectivity index (χ0v) is 11.9.